The summed E-state index contributed by atoms with van der Waals surface area (Å²) in [5.41, 5.74) is 1.80. The molecular weight excluding hydrogens is 255 g/mol. The van der Waals surface area contributed by atoms with Gasteiger partial charge in [-0.25, -0.2) is 0 Å². The lowest BCUT2D eigenvalue weighted by molar-refractivity contribution is 0.00578. The molecule has 3 nitrogen and oxygen atoms in total. The Morgan fingerprint density at radius 1 is 1.05 bits per heavy atom. The molecule has 0 spiro atoms. The van der Waals surface area contributed by atoms with E-state index in [1.165, 1.54) is 5.56 Å². The van der Waals surface area contributed by atoms with Gasteiger partial charge in [-0.2, -0.15) is 0 Å². The van der Waals surface area contributed by atoms with Crippen LogP contribution in [0.25, 0.3) is 0 Å². The van der Waals surface area contributed by atoms with Gasteiger partial charge in [0.15, 0.2) is 0 Å². The molecule has 1 aromatic carbocycles. The Labute approximate surface area is 119 Å². The van der Waals surface area contributed by atoms with Crippen molar-refractivity contribution in [1.82, 2.24) is 0 Å². The third-order valence-corrected chi connectivity index (χ3v) is 4.51. The van der Waals surface area contributed by atoms with Crippen molar-refractivity contribution in [3.8, 4) is 0 Å². The average molecular weight is 278 g/mol. The van der Waals surface area contributed by atoms with E-state index >= 15 is 0 Å². The highest BCUT2D eigenvalue weighted by atomic mass is 28.2. The maximum Gasteiger partial charge on any atom is 0.494 e. The first-order valence-corrected chi connectivity index (χ1v) is 7.61. The van der Waals surface area contributed by atoms with Gasteiger partial charge >= 0.3 is 7.12 Å². The Kier molecular flexibility index (Phi) is 4.20. The fraction of sp³-hybridized carbons (Fsp3) is 0.571. The molecule has 1 heterocycles. The molecule has 19 heavy (non-hydrogen) atoms. The van der Waals surface area contributed by atoms with Crippen LogP contribution in [0.5, 0.6) is 0 Å². The quantitative estimate of drug-likeness (QED) is 0.763. The summed E-state index contributed by atoms with van der Waals surface area (Å²) in [5.74, 6) is 0. The van der Waals surface area contributed by atoms with E-state index in [4.69, 9.17) is 13.7 Å². The summed E-state index contributed by atoms with van der Waals surface area (Å²) in [4.78, 5) is 0. The molecule has 1 aliphatic heterocycles. The van der Waals surface area contributed by atoms with Crippen LogP contribution in [-0.2, 0) is 20.2 Å². The second kappa shape index (κ2) is 5.40. The lowest BCUT2D eigenvalue weighted by atomic mass is 9.79. The van der Waals surface area contributed by atoms with Crippen LogP contribution >= 0.6 is 0 Å². The molecule has 2 rings (SSSR count). The summed E-state index contributed by atoms with van der Waals surface area (Å²) in [5, 5.41) is 0. The third-order valence-electron chi connectivity index (χ3n) is 4.10. The fourth-order valence-electron chi connectivity index (χ4n) is 2.04. The minimum absolute atomic E-state index is 0.270. The fourth-order valence-corrected chi connectivity index (χ4v) is 2.24. The molecule has 0 saturated carbocycles. The summed E-state index contributed by atoms with van der Waals surface area (Å²) in [6.45, 7) is 9.10. The Hall–Kier alpha value is -0.618. The van der Waals surface area contributed by atoms with Crippen LogP contribution in [0, 0.1) is 0 Å². The van der Waals surface area contributed by atoms with Gasteiger partial charge in [0.25, 0.3) is 0 Å². The minimum Gasteiger partial charge on any atom is -0.428 e. The van der Waals surface area contributed by atoms with Gasteiger partial charge in [-0.1, -0.05) is 24.3 Å². The van der Waals surface area contributed by atoms with Crippen LogP contribution in [0.3, 0.4) is 0 Å². The zero-order chi connectivity index (χ0) is 14.1. The first-order valence-electron chi connectivity index (χ1n) is 6.79. The Balaban J connectivity index is 2.08. The molecule has 0 N–H and O–H groups in total. The van der Waals surface area contributed by atoms with E-state index in [0.29, 0.717) is 0 Å². The predicted molar refractivity (Wildman–Crippen MR) is 81.8 cm³/mol. The van der Waals surface area contributed by atoms with E-state index in [1.54, 1.807) is 0 Å². The molecule has 0 unspecified atom stereocenters. The predicted octanol–water partition coefficient (Wildman–Crippen LogP) is 0.825. The van der Waals surface area contributed by atoms with E-state index in [-0.39, 0.29) is 18.3 Å². The standard InChI is InChI=1S/C14H23BO3Si/c1-13(2)14(3,4)18-15(17-13)12-7-5-11(6-8-12)9-10-16-19/h5-8H,9-10H2,1-4,19H3. The first-order chi connectivity index (χ1) is 8.86. The summed E-state index contributed by atoms with van der Waals surface area (Å²) in [6.07, 6.45) is 0.965. The molecule has 0 atom stereocenters. The highest BCUT2D eigenvalue weighted by molar-refractivity contribution is 6.62. The van der Waals surface area contributed by atoms with Gasteiger partial charge in [-0.05, 0) is 45.1 Å². The highest BCUT2D eigenvalue weighted by Crippen LogP contribution is 2.36. The van der Waals surface area contributed by atoms with Crippen LogP contribution in [0.4, 0.5) is 0 Å². The van der Waals surface area contributed by atoms with Gasteiger partial charge in [-0.15, -0.1) is 0 Å². The number of rotatable bonds is 4. The van der Waals surface area contributed by atoms with Crippen molar-refractivity contribution < 1.29 is 13.7 Å². The normalized spacial score (nSPS) is 20.9. The van der Waals surface area contributed by atoms with E-state index in [1.807, 2.05) is 0 Å². The Bertz CT molecular complexity index is 415. The highest BCUT2D eigenvalue weighted by Gasteiger charge is 2.51. The van der Waals surface area contributed by atoms with E-state index < -0.39 is 0 Å². The monoisotopic (exact) mass is 278 g/mol. The zero-order valence-corrected chi connectivity index (χ0v) is 14.5. The molecule has 5 heteroatoms. The zero-order valence-electron chi connectivity index (χ0n) is 12.5. The van der Waals surface area contributed by atoms with Crippen LogP contribution in [0.15, 0.2) is 24.3 Å². The lowest BCUT2D eigenvalue weighted by Gasteiger charge is -2.32. The van der Waals surface area contributed by atoms with Crippen molar-refractivity contribution in [3.05, 3.63) is 29.8 Å². The van der Waals surface area contributed by atoms with Crippen LogP contribution in [-0.4, -0.2) is 35.4 Å². The second-order valence-corrected chi connectivity index (χ2v) is 6.65. The topological polar surface area (TPSA) is 27.7 Å². The van der Waals surface area contributed by atoms with Gasteiger partial charge in [0.2, 0.25) is 0 Å². The summed E-state index contributed by atoms with van der Waals surface area (Å²) < 4.78 is 17.3. The van der Waals surface area contributed by atoms with Crippen LogP contribution in [0.2, 0.25) is 0 Å². The number of hydrogen-bond donors (Lipinski definition) is 0. The molecule has 1 saturated heterocycles. The smallest absolute Gasteiger partial charge is 0.428 e. The maximum absolute atomic E-state index is 6.03. The molecule has 1 aliphatic rings. The summed E-state index contributed by atoms with van der Waals surface area (Å²) in [6, 6.07) is 8.43. The van der Waals surface area contributed by atoms with Crippen molar-refractivity contribution in [2.24, 2.45) is 0 Å². The lowest BCUT2D eigenvalue weighted by Crippen LogP contribution is -2.41. The van der Waals surface area contributed by atoms with E-state index in [2.05, 4.69) is 52.0 Å². The number of benzene rings is 1. The molecular formula is C14H23BO3Si. The average Bonchev–Trinajstić information content (AvgIpc) is 2.56. The molecule has 0 radical (unpaired) electrons. The molecule has 0 bridgehead atoms. The van der Waals surface area contributed by atoms with Crippen molar-refractivity contribution in [2.45, 2.75) is 45.3 Å². The molecule has 0 aromatic heterocycles. The largest absolute Gasteiger partial charge is 0.494 e. The van der Waals surface area contributed by atoms with Crippen LogP contribution < -0.4 is 5.46 Å². The molecule has 0 aliphatic carbocycles. The minimum atomic E-state index is -0.281. The Morgan fingerprint density at radius 3 is 2.05 bits per heavy atom. The second-order valence-electron chi connectivity index (χ2n) is 6.07. The summed E-state index contributed by atoms with van der Waals surface area (Å²) >= 11 is 0. The van der Waals surface area contributed by atoms with Gasteiger partial charge in [-0.3, -0.25) is 0 Å². The van der Waals surface area contributed by atoms with Gasteiger partial charge < -0.3 is 13.7 Å². The molecule has 1 aromatic rings. The van der Waals surface area contributed by atoms with E-state index in [9.17, 15) is 0 Å². The SMILES string of the molecule is CC1(C)OB(c2ccc(CCO[SiH3])cc2)OC1(C)C. The molecule has 0 amide bonds. The van der Waals surface area contributed by atoms with Crippen molar-refractivity contribution in [3.63, 3.8) is 0 Å². The molecule has 104 valence electrons. The van der Waals surface area contributed by atoms with Gasteiger partial charge in [0.05, 0.1) is 11.2 Å². The Morgan fingerprint density at radius 2 is 1.58 bits per heavy atom. The van der Waals surface area contributed by atoms with Gasteiger partial charge in [0.1, 0.15) is 10.5 Å². The van der Waals surface area contributed by atoms with Crippen LogP contribution in [0.1, 0.15) is 33.3 Å². The van der Waals surface area contributed by atoms with Crippen molar-refractivity contribution >= 4 is 23.1 Å². The van der Waals surface area contributed by atoms with Crippen molar-refractivity contribution in [2.75, 3.05) is 6.61 Å². The molecule has 1 fully saturated rings. The first kappa shape index (κ1) is 14.8. The van der Waals surface area contributed by atoms with Crippen molar-refractivity contribution in [1.29, 1.82) is 0 Å². The summed E-state index contributed by atoms with van der Waals surface area (Å²) in [7, 11) is 0.533. The third kappa shape index (κ3) is 3.11. The van der Waals surface area contributed by atoms with E-state index in [0.717, 1.165) is 29.0 Å². The number of hydrogen-bond acceptors (Lipinski definition) is 3. The maximum atomic E-state index is 6.03. The van der Waals surface area contributed by atoms with Gasteiger partial charge in [0, 0.05) is 6.61 Å².